The minimum atomic E-state index is 0.0790. The van der Waals surface area contributed by atoms with Crippen molar-refractivity contribution in [1.82, 2.24) is 15.2 Å². The van der Waals surface area contributed by atoms with Crippen LogP contribution in [0.4, 0.5) is 0 Å². The van der Waals surface area contributed by atoms with Crippen LogP contribution in [0.15, 0.2) is 24.5 Å². The maximum Gasteiger partial charge on any atom is 0.234 e. The average molecular weight is 277 g/mol. The van der Waals surface area contributed by atoms with E-state index in [0.717, 1.165) is 44.7 Å². The van der Waals surface area contributed by atoms with Crippen molar-refractivity contribution in [2.75, 3.05) is 33.4 Å². The highest BCUT2D eigenvalue weighted by molar-refractivity contribution is 5.77. The van der Waals surface area contributed by atoms with Gasteiger partial charge in [-0.1, -0.05) is 6.07 Å². The Morgan fingerprint density at radius 3 is 3.20 bits per heavy atom. The summed E-state index contributed by atoms with van der Waals surface area (Å²) in [4.78, 5) is 17.9. The lowest BCUT2D eigenvalue weighted by molar-refractivity contribution is -0.122. The van der Waals surface area contributed by atoms with Gasteiger partial charge < -0.3 is 10.1 Å². The van der Waals surface area contributed by atoms with Crippen LogP contribution in [0.2, 0.25) is 0 Å². The van der Waals surface area contributed by atoms with E-state index in [1.165, 1.54) is 0 Å². The Morgan fingerprint density at radius 1 is 1.60 bits per heavy atom. The number of pyridine rings is 1. The van der Waals surface area contributed by atoms with Crippen LogP contribution < -0.4 is 5.32 Å². The van der Waals surface area contributed by atoms with Crippen molar-refractivity contribution >= 4 is 5.91 Å². The Balaban J connectivity index is 1.61. The van der Waals surface area contributed by atoms with E-state index in [2.05, 4.69) is 10.3 Å². The molecule has 1 fully saturated rings. The van der Waals surface area contributed by atoms with Crippen LogP contribution in [0.5, 0.6) is 0 Å². The third-order valence-corrected chi connectivity index (χ3v) is 3.49. The first-order valence-corrected chi connectivity index (χ1v) is 7.16. The van der Waals surface area contributed by atoms with E-state index < -0.39 is 0 Å². The van der Waals surface area contributed by atoms with Gasteiger partial charge in [0, 0.05) is 38.7 Å². The molecule has 1 saturated heterocycles. The summed E-state index contributed by atoms with van der Waals surface area (Å²) >= 11 is 0. The van der Waals surface area contributed by atoms with E-state index >= 15 is 0 Å². The van der Waals surface area contributed by atoms with Crippen LogP contribution >= 0.6 is 0 Å². The minimum absolute atomic E-state index is 0.0790. The summed E-state index contributed by atoms with van der Waals surface area (Å²) in [5, 5.41) is 2.97. The normalized spacial score (nSPS) is 18.4. The maximum absolute atomic E-state index is 11.8. The van der Waals surface area contributed by atoms with Gasteiger partial charge in [-0.2, -0.15) is 0 Å². The van der Waals surface area contributed by atoms with E-state index in [9.17, 15) is 4.79 Å². The molecule has 0 spiro atoms. The van der Waals surface area contributed by atoms with Gasteiger partial charge in [0.25, 0.3) is 0 Å². The second kappa shape index (κ2) is 7.97. The van der Waals surface area contributed by atoms with Gasteiger partial charge in [-0.3, -0.25) is 14.7 Å². The van der Waals surface area contributed by atoms with E-state index in [4.69, 9.17) is 4.74 Å². The number of nitrogens with one attached hydrogen (secondary N) is 1. The van der Waals surface area contributed by atoms with Gasteiger partial charge in [-0.25, -0.2) is 0 Å². The molecular formula is C15H23N3O2. The first-order chi connectivity index (χ1) is 9.74. The largest absolute Gasteiger partial charge is 0.381 e. The molecule has 1 aromatic heterocycles. The molecular weight excluding hydrogens is 254 g/mol. The lowest BCUT2D eigenvalue weighted by Crippen LogP contribution is -2.35. The zero-order valence-electron chi connectivity index (χ0n) is 12.0. The summed E-state index contributed by atoms with van der Waals surface area (Å²) in [5.41, 5.74) is 1.12. The fraction of sp³-hybridized carbons (Fsp3) is 0.600. The molecule has 0 aliphatic carbocycles. The molecule has 1 aliphatic heterocycles. The monoisotopic (exact) mass is 277 g/mol. The number of ether oxygens (including phenoxy) is 1. The van der Waals surface area contributed by atoms with Gasteiger partial charge in [0.15, 0.2) is 0 Å². The molecule has 110 valence electrons. The van der Waals surface area contributed by atoms with Crippen LogP contribution in [0.3, 0.4) is 0 Å². The Labute approximate surface area is 120 Å². The zero-order valence-corrected chi connectivity index (χ0v) is 12.0. The number of amides is 1. The predicted octanol–water partition coefficient (Wildman–Crippen LogP) is 1.06. The Kier molecular flexibility index (Phi) is 5.95. The van der Waals surface area contributed by atoms with Crippen LogP contribution in [0, 0.1) is 5.92 Å². The van der Waals surface area contributed by atoms with Crippen molar-refractivity contribution in [2.24, 2.45) is 5.92 Å². The predicted molar refractivity (Wildman–Crippen MR) is 77.1 cm³/mol. The van der Waals surface area contributed by atoms with Crippen molar-refractivity contribution in [3.63, 3.8) is 0 Å². The summed E-state index contributed by atoms with van der Waals surface area (Å²) in [7, 11) is 1.94. The summed E-state index contributed by atoms with van der Waals surface area (Å²) < 4.78 is 5.32. The van der Waals surface area contributed by atoms with Gasteiger partial charge in [0.2, 0.25) is 5.91 Å². The van der Waals surface area contributed by atoms with Crippen molar-refractivity contribution < 1.29 is 9.53 Å². The quantitative estimate of drug-likeness (QED) is 0.809. The topological polar surface area (TPSA) is 54.5 Å². The molecule has 2 rings (SSSR count). The molecule has 0 aromatic carbocycles. The SMILES string of the molecule is CN(CC(=O)NCC[C@H]1CCOC1)Cc1cccnc1. The highest BCUT2D eigenvalue weighted by Gasteiger charge is 2.15. The van der Waals surface area contributed by atoms with Crippen LogP contribution in [0.25, 0.3) is 0 Å². The Hall–Kier alpha value is -1.46. The summed E-state index contributed by atoms with van der Waals surface area (Å²) in [6.45, 7) is 3.60. The maximum atomic E-state index is 11.8. The first-order valence-electron chi connectivity index (χ1n) is 7.16. The summed E-state index contributed by atoms with van der Waals surface area (Å²) in [6.07, 6.45) is 5.71. The summed E-state index contributed by atoms with van der Waals surface area (Å²) in [6, 6.07) is 3.93. The molecule has 0 unspecified atom stereocenters. The molecule has 1 aromatic rings. The highest BCUT2D eigenvalue weighted by atomic mass is 16.5. The molecule has 1 aliphatic rings. The number of carbonyl (C=O) groups is 1. The van der Waals surface area contributed by atoms with Gasteiger partial charge in [-0.15, -0.1) is 0 Å². The molecule has 5 nitrogen and oxygen atoms in total. The van der Waals surface area contributed by atoms with E-state index in [0.29, 0.717) is 12.5 Å². The Morgan fingerprint density at radius 2 is 2.50 bits per heavy atom. The zero-order chi connectivity index (χ0) is 14.2. The van der Waals surface area contributed by atoms with E-state index in [1.807, 2.05) is 30.3 Å². The minimum Gasteiger partial charge on any atom is -0.381 e. The number of hydrogen-bond donors (Lipinski definition) is 1. The molecule has 1 amide bonds. The van der Waals surface area contributed by atoms with Gasteiger partial charge in [-0.05, 0) is 37.4 Å². The third-order valence-electron chi connectivity index (χ3n) is 3.49. The Bertz CT molecular complexity index is 405. The van der Waals surface area contributed by atoms with Crippen LogP contribution in [-0.2, 0) is 16.1 Å². The van der Waals surface area contributed by atoms with Gasteiger partial charge >= 0.3 is 0 Å². The number of hydrogen-bond acceptors (Lipinski definition) is 4. The van der Waals surface area contributed by atoms with Crippen molar-refractivity contribution in [2.45, 2.75) is 19.4 Å². The van der Waals surface area contributed by atoms with Crippen LogP contribution in [-0.4, -0.2) is 49.1 Å². The standard InChI is InChI=1S/C15H23N3O2/c1-18(10-14-3-2-6-16-9-14)11-15(19)17-7-4-13-5-8-20-12-13/h2-3,6,9,13H,4-5,7-8,10-12H2,1H3,(H,17,19)/t13-/m0/s1. The number of nitrogens with zero attached hydrogens (tertiary/aromatic N) is 2. The molecule has 0 radical (unpaired) electrons. The number of rotatable bonds is 7. The fourth-order valence-corrected chi connectivity index (χ4v) is 2.39. The highest BCUT2D eigenvalue weighted by Crippen LogP contribution is 2.15. The number of aromatic nitrogens is 1. The molecule has 0 saturated carbocycles. The smallest absolute Gasteiger partial charge is 0.234 e. The van der Waals surface area contributed by atoms with Crippen molar-refractivity contribution in [3.8, 4) is 0 Å². The van der Waals surface area contributed by atoms with Crippen molar-refractivity contribution in [1.29, 1.82) is 0 Å². The van der Waals surface area contributed by atoms with E-state index in [1.54, 1.807) is 6.20 Å². The summed E-state index contributed by atoms with van der Waals surface area (Å²) in [5.74, 6) is 0.693. The van der Waals surface area contributed by atoms with Crippen LogP contribution in [0.1, 0.15) is 18.4 Å². The molecule has 0 bridgehead atoms. The first kappa shape index (κ1) is 14.9. The lowest BCUT2D eigenvalue weighted by atomic mass is 10.1. The second-order valence-electron chi connectivity index (χ2n) is 5.40. The van der Waals surface area contributed by atoms with Crippen molar-refractivity contribution in [3.05, 3.63) is 30.1 Å². The molecule has 1 N–H and O–H groups in total. The molecule has 5 heteroatoms. The van der Waals surface area contributed by atoms with Gasteiger partial charge in [0.1, 0.15) is 0 Å². The third kappa shape index (κ3) is 5.27. The second-order valence-corrected chi connectivity index (χ2v) is 5.40. The molecule has 2 heterocycles. The molecule has 20 heavy (non-hydrogen) atoms. The van der Waals surface area contributed by atoms with Gasteiger partial charge in [0.05, 0.1) is 6.54 Å². The fourth-order valence-electron chi connectivity index (χ4n) is 2.39. The number of carbonyl (C=O) groups excluding carboxylic acids is 1. The van der Waals surface area contributed by atoms with E-state index in [-0.39, 0.29) is 5.91 Å². The molecule has 1 atom stereocenters. The number of likely N-dealkylation sites (N-methyl/N-ethyl adjacent to an activating group) is 1. The lowest BCUT2D eigenvalue weighted by Gasteiger charge is -2.16. The average Bonchev–Trinajstić information content (AvgIpc) is 2.93.